The molecule has 0 radical (unpaired) electrons. The van der Waals surface area contributed by atoms with Crippen molar-refractivity contribution in [1.29, 1.82) is 0 Å². The first-order valence-electron chi connectivity index (χ1n) is 6.13. The standard InChI is InChI=1S/C14H15BrN2O2S/c1-11-9-14(16-10-13(11)15)17-20(18,19)8-7-12-5-3-2-4-6-12/h2-6,9-10H,7-8H2,1H3,(H,16,17). The topological polar surface area (TPSA) is 59.1 Å². The quantitative estimate of drug-likeness (QED) is 0.897. The van der Waals surface area contributed by atoms with Gasteiger partial charge in [-0.3, -0.25) is 4.72 Å². The maximum absolute atomic E-state index is 12.0. The van der Waals surface area contributed by atoms with Crippen LogP contribution in [0.25, 0.3) is 0 Å². The van der Waals surface area contributed by atoms with Crippen molar-refractivity contribution in [3.8, 4) is 0 Å². The third-order valence-corrected chi connectivity index (χ3v) is 4.90. The summed E-state index contributed by atoms with van der Waals surface area (Å²) in [5, 5.41) is 0. The Morgan fingerprint density at radius 3 is 2.60 bits per heavy atom. The van der Waals surface area contributed by atoms with Crippen LogP contribution in [0.15, 0.2) is 47.1 Å². The molecule has 0 amide bonds. The molecule has 1 aromatic carbocycles. The zero-order chi connectivity index (χ0) is 14.6. The molecule has 0 spiro atoms. The molecule has 1 heterocycles. The summed E-state index contributed by atoms with van der Waals surface area (Å²) in [5.41, 5.74) is 1.93. The normalized spacial score (nSPS) is 11.3. The molecule has 20 heavy (non-hydrogen) atoms. The highest BCUT2D eigenvalue weighted by Crippen LogP contribution is 2.18. The molecular weight excluding hydrogens is 340 g/mol. The van der Waals surface area contributed by atoms with Crippen LogP contribution < -0.4 is 4.72 Å². The van der Waals surface area contributed by atoms with E-state index in [1.165, 1.54) is 0 Å². The van der Waals surface area contributed by atoms with Crippen LogP contribution in [-0.4, -0.2) is 19.2 Å². The Balaban J connectivity index is 2.02. The van der Waals surface area contributed by atoms with Crippen LogP contribution in [0.3, 0.4) is 0 Å². The summed E-state index contributed by atoms with van der Waals surface area (Å²) in [7, 11) is -3.39. The second kappa shape index (κ2) is 6.37. The first-order valence-corrected chi connectivity index (χ1v) is 8.57. The van der Waals surface area contributed by atoms with E-state index in [1.54, 1.807) is 12.3 Å². The molecule has 2 aromatic rings. The molecule has 0 fully saturated rings. The van der Waals surface area contributed by atoms with Crippen molar-refractivity contribution in [2.24, 2.45) is 0 Å². The second-order valence-electron chi connectivity index (χ2n) is 4.48. The van der Waals surface area contributed by atoms with Crippen LogP contribution in [-0.2, 0) is 16.4 Å². The number of hydrogen-bond donors (Lipinski definition) is 1. The maximum atomic E-state index is 12.0. The smallest absolute Gasteiger partial charge is 0.234 e. The van der Waals surface area contributed by atoms with Gasteiger partial charge in [0.25, 0.3) is 0 Å². The molecule has 106 valence electrons. The van der Waals surface area contributed by atoms with E-state index in [0.29, 0.717) is 12.2 Å². The van der Waals surface area contributed by atoms with E-state index in [4.69, 9.17) is 0 Å². The van der Waals surface area contributed by atoms with E-state index >= 15 is 0 Å². The highest BCUT2D eigenvalue weighted by Gasteiger charge is 2.12. The monoisotopic (exact) mass is 354 g/mol. The van der Waals surface area contributed by atoms with Gasteiger partial charge in [-0.05, 0) is 46.5 Å². The van der Waals surface area contributed by atoms with Gasteiger partial charge in [-0.2, -0.15) is 0 Å². The molecule has 6 heteroatoms. The third kappa shape index (κ3) is 4.31. The molecule has 0 saturated heterocycles. The minimum Gasteiger partial charge on any atom is -0.267 e. The second-order valence-corrected chi connectivity index (χ2v) is 7.17. The van der Waals surface area contributed by atoms with Gasteiger partial charge in [-0.15, -0.1) is 0 Å². The van der Waals surface area contributed by atoms with Gasteiger partial charge in [0.2, 0.25) is 10.0 Å². The SMILES string of the molecule is Cc1cc(NS(=O)(=O)CCc2ccccc2)ncc1Br. The number of sulfonamides is 1. The number of nitrogens with one attached hydrogen (secondary N) is 1. The van der Waals surface area contributed by atoms with E-state index < -0.39 is 10.0 Å². The number of pyridine rings is 1. The van der Waals surface area contributed by atoms with Crippen molar-refractivity contribution >= 4 is 31.8 Å². The zero-order valence-corrected chi connectivity index (χ0v) is 13.4. The predicted octanol–water partition coefficient (Wildman–Crippen LogP) is 3.14. The van der Waals surface area contributed by atoms with Crippen molar-refractivity contribution < 1.29 is 8.42 Å². The maximum Gasteiger partial charge on any atom is 0.234 e. The molecule has 0 saturated carbocycles. The van der Waals surface area contributed by atoms with Crippen LogP contribution in [0.5, 0.6) is 0 Å². The lowest BCUT2D eigenvalue weighted by molar-refractivity contribution is 0.600. The number of aryl methyl sites for hydroxylation is 2. The minimum atomic E-state index is -3.39. The Hall–Kier alpha value is -1.40. The van der Waals surface area contributed by atoms with Gasteiger partial charge in [-0.25, -0.2) is 13.4 Å². The summed E-state index contributed by atoms with van der Waals surface area (Å²) >= 11 is 3.33. The average molecular weight is 355 g/mol. The molecule has 1 N–H and O–H groups in total. The number of halogens is 1. The summed E-state index contributed by atoms with van der Waals surface area (Å²) < 4.78 is 27.4. The molecule has 0 aliphatic rings. The number of benzene rings is 1. The fourth-order valence-electron chi connectivity index (χ4n) is 1.70. The number of aromatic nitrogens is 1. The van der Waals surface area contributed by atoms with Crippen molar-refractivity contribution in [3.05, 3.63) is 58.2 Å². The summed E-state index contributed by atoms with van der Waals surface area (Å²) in [4.78, 5) is 4.04. The molecule has 1 aromatic heterocycles. The lowest BCUT2D eigenvalue weighted by atomic mass is 10.2. The van der Waals surface area contributed by atoms with Crippen molar-refractivity contribution in [2.45, 2.75) is 13.3 Å². The molecular formula is C14H15BrN2O2S. The Kier molecular flexibility index (Phi) is 4.77. The third-order valence-electron chi connectivity index (χ3n) is 2.81. The summed E-state index contributed by atoms with van der Waals surface area (Å²) in [6.45, 7) is 1.88. The molecule has 4 nitrogen and oxygen atoms in total. The minimum absolute atomic E-state index is 0.0355. The van der Waals surface area contributed by atoms with Gasteiger partial charge >= 0.3 is 0 Å². The van der Waals surface area contributed by atoms with Gasteiger partial charge in [-0.1, -0.05) is 30.3 Å². The lowest BCUT2D eigenvalue weighted by Gasteiger charge is -2.08. The highest BCUT2D eigenvalue weighted by atomic mass is 79.9. The van der Waals surface area contributed by atoms with Gasteiger partial charge in [0.05, 0.1) is 5.75 Å². The van der Waals surface area contributed by atoms with Crippen molar-refractivity contribution in [1.82, 2.24) is 4.98 Å². The van der Waals surface area contributed by atoms with Gasteiger partial charge < -0.3 is 0 Å². The van der Waals surface area contributed by atoms with Crippen LogP contribution in [0.4, 0.5) is 5.82 Å². The average Bonchev–Trinajstić information content (AvgIpc) is 2.42. The van der Waals surface area contributed by atoms with Crippen LogP contribution in [0.1, 0.15) is 11.1 Å². The Bertz CT molecular complexity index is 688. The first-order chi connectivity index (χ1) is 9.46. The largest absolute Gasteiger partial charge is 0.267 e. The van der Waals surface area contributed by atoms with E-state index in [0.717, 1.165) is 15.6 Å². The zero-order valence-electron chi connectivity index (χ0n) is 11.0. The number of hydrogen-bond acceptors (Lipinski definition) is 3. The lowest BCUT2D eigenvalue weighted by Crippen LogP contribution is -2.19. The van der Waals surface area contributed by atoms with Crippen LogP contribution in [0.2, 0.25) is 0 Å². The molecule has 2 rings (SSSR count). The Morgan fingerprint density at radius 2 is 1.95 bits per heavy atom. The van der Waals surface area contributed by atoms with Crippen molar-refractivity contribution in [2.75, 3.05) is 10.5 Å². The highest BCUT2D eigenvalue weighted by molar-refractivity contribution is 9.10. The fourth-order valence-corrected chi connectivity index (χ4v) is 2.96. The molecule has 0 aliphatic heterocycles. The van der Waals surface area contributed by atoms with E-state index in [9.17, 15) is 8.42 Å². The number of rotatable bonds is 5. The number of nitrogens with zero attached hydrogens (tertiary/aromatic N) is 1. The molecule has 0 atom stereocenters. The molecule has 0 unspecified atom stereocenters. The van der Waals surface area contributed by atoms with Crippen LogP contribution >= 0.6 is 15.9 Å². The Morgan fingerprint density at radius 1 is 1.25 bits per heavy atom. The van der Waals surface area contributed by atoms with E-state index in [-0.39, 0.29) is 5.75 Å². The van der Waals surface area contributed by atoms with Crippen molar-refractivity contribution in [3.63, 3.8) is 0 Å². The van der Waals surface area contributed by atoms with Gasteiger partial charge in [0.15, 0.2) is 0 Å². The molecule has 0 bridgehead atoms. The number of anilines is 1. The Labute approximate surface area is 127 Å². The summed E-state index contributed by atoms with van der Waals surface area (Å²) in [6, 6.07) is 11.2. The van der Waals surface area contributed by atoms with Gasteiger partial charge in [0, 0.05) is 10.7 Å². The summed E-state index contributed by atoms with van der Waals surface area (Å²) in [5.74, 6) is 0.382. The van der Waals surface area contributed by atoms with E-state index in [1.807, 2.05) is 37.3 Å². The van der Waals surface area contributed by atoms with E-state index in [2.05, 4.69) is 25.6 Å². The predicted molar refractivity (Wildman–Crippen MR) is 84.2 cm³/mol. The molecule has 0 aliphatic carbocycles. The summed E-state index contributed by atoms with van der Waals surface area (Å²) in [6.07, 6.45) is 2.07. The fraction of sp³-hybridized carbons (Fsp3) is 0.214. The first kappa shape index (κ1) is 15.0. The van der Waals surface area contributed by atoms with Gasteiger partial charge in [0.1, 0.15) is 5.82 Å². The van der Waals surface area contributed by atoms with Crippen LogP contribution in [0, 0.1) is 6.92 Å².